The van der Waals surface area contributed by atoms with Crippen molar-refractivity contribution in [1.29, 1.82) is 0 Å². The van der Waals surface area contributed by atoms with E-state index < -0.39 is 5.60 Å². The normalized spacial score (nSPS) is 18.4. The van der Waals surface area contributed by atoms with Gasteiger partial charge in [0.05, 0.1) is 5.56 Å². The zero-order chi connectivity index (χ0) is 20.6. The number of rotatable bonds is 4. The van der Waals surface area contributed by atoms with Crippen LogP contribution in [0.15, 0.2) is 77.7 Å². The van der Waals surface area contributed by atoms with Gasteiger partial charge in [0.2, 0.25) is 0 Å². The van der Waals surface area contributed by atoms with Crippen molar-refractivity contribution in [2.24, 2.45) is 0 Å². The number of cyclic esters (lactones) is 1. The molecule has 1 aliphatic heterocycles. The van der Waals surface area contributed by atoms with E-state index in [4.69, 9.17) is 16.3 Å². The summed E-state index contributed by atoms with van der Waals surface area (Å²) in [5.74, 6) is 0.332. The van der Waals surface area contributed by atoms with Crippen LogP contribution in [0.25, 0.3) is 0 Å². The molecule has 0 aliphatic carbocycles. The molecule has 0 spiro atoms. The first-order chi connectivity index (χ1) is 13.8. The Kier molecular flexibility index (Phi) is 5.22. The van der Waals surface area contributed by atoms with E-state index >= 15 is 0 Å². The van der Waals surface area contributed by atoms with Crippen LogP contribution in [0.1, 0.15) is 47.8 Å². The molecule has 0 saturated carbocycles. The van der Waals surface area contributed by atoms with Crippen LogP contribution in [0.2, 0.25) is 5.02 Å². The molecule has 3 aromatic carbocycles. The Morgan fingerprint density at radius 1 is 0.966 bits per heavy atom. The van der Waals surface area contributed by atoms with Crippen LogP contribution in [0.5, 0.6) is 0 Å². The third kappa shape index (κ3) is 3.82. The van der Waals surface area contributed by atoms with Gasteiger partial charge >= 0.3 is 5.97 Å². The van der Waals surface area contributed by atoms with Gasteiger partial charge in [-0.25, -0.2) is 4.79 Å². The molecule has 0 bridgehead atoms. The number of carbonyl (C=O) groups is 1. The van der Waals surface area contributed by atoms with Crippen molar-refractivity contribution in [3.05, 3.63) is 100 Å². The predicted octanol–water partition coefficient (Wildman–Crippen LogP) is 6.84. The van der Waals surface area contributed by atoms with Crippen LogP contribution < -0.4 is 0 Å². The maximum atomic E-state index is 12.9. The van der Waals surface area contributed by atoms with Crippen LogP contribution in [0, 0.1) is 0 Å². The molecule has 148 valence electrons. The number of benzene rings is 3. The van der Waals surface area contributed by atoms with Gasteiger partial charge in [-0.05, 0) is 41.3 Å². The first kappa shape index (κ1) is 20.1. The van der Waals surface area contributed by atoms with Gasteiger partial charge in [-0.15, -0.1) is 11.8 Å². The summed E-state index contributed by atoms with van der Waals surface area (Å²) < 4.78 is 6.13. The van der Waals surface area contributed by atoms with Gasteiger partial charge in [-0.3, -0.25) is 0 Å². The number of hydrogen-bond donors (Lipinski definition) is 0. The summed E-state index contributed by atoms with van der Waals surface area (Å²) in [5.41, 5.74) is 2.86. The topological polar surface area (TPSA) is 26.3 Å². The highest BCUT2D eigenvalue weighted by Gasteiger charge is 2.47. The second-order valence-electron chi connectivity index (χ2n) is 8.34. The van der Waals surface area contributed by atoms with Gasteiger partial charge in [0.15, 0.2) is 5.60 Å². The minimum Gasteiger partial charge on any atom is -0.445 e. The molecule has 0 amide bonds. The highest BCUT2D eigenvalue weighted by atomic mass is 35.5. The lowest BCUT2D eigenvalue weighted by Crippen LogP contribution is -2.31. The number of halogens is 1. The lowest BCUT2D eigenvalue weighted by molar-refractivity contribution is 0.0197. The molecule has 3 aromatic rings. The molecular weight excluding hydrogens is 400 g/mol. The smallest absolute Gasteiger partial charge is 0.339 e. The molecule has 0 saturated heterocycles. The summed E-state index contributed by atoms with van der Waals surface area (Å²) in [5, 5.41) is 0.708. The molecule has 4 heteroatoms. The van der Waals surface area contributed by atoms with Crippen molar-refractivity contribution in [3.8, 4) is 0 Å². The maximum absolute atomic E-state index is 12.9. The number of hydrogen-bond acceptors (Lipinski definition) is 3. The molecule has 0 radical (unpaired) electrons. The van der Waals surface area contributed by atoms with E-state index in [1.54, 1.807) is 11.8 Å². The molecule has 0 N–H and O–H groups in total. The van der Waals surface area contributed by atoms with Gasteiger partial charge in [-0.1, -0.05) is 74.8 Å². The van der Waals surface area contributed by atoms with Crippen molar-refractivity contribution in [2.45, 2.75) is 36.7 Å². The second-order valence-corrected chi connectivity index (χ2v) is 9.82. The van der Waals surface area contributed by atoms with Gasteiger partial charge < -0.3 is 4.74 Å². The molecule has 4 rings (SSSR count). The highest BCUT2D eigenvalue weighted by Crippen LogP contribution is 2.46. The molecule has 29 heavy (non-hydrogen) atoms. The number of ether oxygens (including phenoxy) is 1. The fourth-order valence-electron chi connectivity index (χ4n) is 3.63. The molecule has 1 unspecified atom stereocenters. The van der Waals surface area contributed by atoms with Crippen molar-refractivity contribution in [3.63, 3.8) is 0 Å². The SMILES string of the molecule is CC(C)(C)c1ccc2c(c1)C(=O)OC2(CSc1ccc(Cl)cc1)c1ccccc1. The fourth-order valence-corrected chi connectivity index (χ4v) is 4.83. The van der Waals surface area contributed by atoms with Crippen molar-refractivity contribution in [1.82, 2.24) is 0 Å². The Hall–Kier alpha value is -2.23. The van der Waals surface area contributed by atoms with Gasteiger partial charge in [0.1, 0.15) is 0 Å². The van der Waals surface area contributed by atoms with Gasteiger partial charge in [0, 0.05) is 26.8 Å². The minimum atomic E-state index is -0.811. The lowest BCUT2D eigenvalue weighted by Gasteiger charge is -2.29. The Morgan fingerprint density at radius 2 is 1.66 bits per heavy atom. The summed E-state index contributed by atoms with van der Waals surface area (Å²) >= 11 is 7.68. The quantitative estimate of drug-likeness (QED) is 0.340. The van der Waals surface area contributed by atoms with Crippen molar-refractivity contribution in [2.75, 3.05) is 5.75 Å². The van der Waals surface area contributed by atoms with E-state index in [1.165, 1.54) is 0 Å². The summed E-state index contributed by atoms with van der Waals surface area (Å²) in [6.07, 6.45) is 0. The molecule has 1 aliphatic rings. The van der Waals surface area contributed by atoms with E-state index in [0.29, 0.717) is 16.3 Å². The van der Waals surface area contributed by atoms with E-state index in [9.17, 15) is 4.79 Å². The second kappa shape index (κ2) is 7.55. The summed E-state index contributed by atoms with van der Waals surface area (Å²) in [6.45, 7) is 6.45. The number of thioether (sulfide) groups is 1. The third-order valence-electron chi connectivity index (χ3n) is 5.30. The molecule has 0 fully saturated rings. The van der Waals surface area contributed by atoms with E-state index in [-0.39, 0.29) is 11.4 Å². The Labute approximate surface area is 181 Å². The standard InChI is InChI=1S/C25H23ClO2S/c1-24(2,3)18-9-14-22-21(15-18)23(27)28-25(22,17-7-5-4-6-8-17)16-29-20-12-10-19(26)11-13-20/h4-15H,16H2,1-3H3. The minimum absolute atomic E-state index is 0.0363. The molecular formula is C25H23ClO2S. The van der Waals surface area contributed by atoms with E-state index in [1.807, 2.05) is 60.7 Å². The predicted molar refractivity (Wildman–Crippen MR) is 120 cm³/mol. The average molecular weight is 423 g/mol. The summed E-state index contributed by atoms with van der Waals surface area (Å²) in [6, 6.07) is 23.9. The van der Waals surface area contributed by atoms with E-state index in [0.717, 1.165) is 21.6 Å². The Bertz CT molecular complexity index is 1040. The Balaban J connectivity index is 1.79. The number of esters is 1. The molecule has 1 atom stereocenters. The number of fused-ring (bicyclic) bond motifs is 1. The monoisotopic (exact) mass is 422 g/mol. The summed E-state index contributed by atoms with van der Waals surface area (Å²) in [7, 11) is 0. The van der Waals surface area contributed by atoms with Crippen LogP contribution in [-0.4, -0.2) is 11.7 Å². The van der Waals surface area contributed by atoms with Crippen LogP contribution in [-0.2, 0) is 15.8 Å². The fraction of sp³-hybridized carbons (Fsp3) is 0.240. The lowest BCUT2D eigenvalue weighted by atomic mass is 9.82. The molecule has 2 nitrogen and oxygen atoms in total. The van der Waals surface area contributed by atoms with E-state index in [2.05, 4.69) is 32.9 Å². The maximum Gasteiger partial charge on any atom is 0.339 e. The zero-order valence-electron chi connectivity index (χ0n) is 16.7. The first-order valence-corrected chi connectivity index (χ1v) is 11.0. The molecule has 0 aromatic heterocycles. The van der Waals surface area contributed by atoms with Crippen LogP contribution in [0.4, 0.5) is 0 Å². The summed E-state index contributed by atoms with van der Waals surface area (Å²) in [4.78, 5) is 14.0. The van der Waals surface area contributed by atoms with Crippen LogP contribution >= 0.6 is 23.4 Å². The van der Waals surface area contributed by atoms with Crippen LogP contribution in [0.3, 0.4) is 0 Å². The van der Waals surface area contributed by atoms with Crippen molar-refractivity contribution >= 4 is 29.3 Å². The largest absolute Gasteiger partial charge is 0.445 e. The zero-order valence-corrected chi connectivity index (χ0v) is 18.3. The number of carbonyl (C=O) groups excluding carboxylic acids is 1. The van der Waals surface area contributed by atoms with Gasteiger partial charge in [-0.2, -0.15) is 0 Å². The van der Waals surface area contributed by atoms with Crippen molar-refractivity contribution < 1.29 is 9.53 Å². The average Bonchev–Trinajstić information content (AvgIpc) is 3.00. The highest BCUT2D eigenvalue weighted by molar-refractivity contribution is 7.99. The first-order valence-electron chi connectivity index (χ1n) is 9.62. The third-order valence-corrected chi connectivity index (χ3v) is 6.71. The molecule has 1 heterocycles. The Morgan fingerprint density at radius 3 is 2.31 bits per heavy atom. The van der Waals surface area contributed by atoms with Gasteiger partial charge in [0.25, 0.3) is 0 Å².